The third-order valence-electron chi connectivity index (χ3n) is 6.63. The predicted molar refractivity (Wildman–Crippen MR) is 131 cm³/mol. The van der Waals surface area contributed by atoms with Crippen LogP contribution in [0.25, 0.3) is 22.0 Å². The van der Waals surface area contributed by atoms with Gasteiger partial charge in [-0.2, -0.15) is 0 Å². The lowest BCUT2D eigenvalue weighted by molar-refractivity contribution is 0.0414. The third kappa shape index (κ3) is 3.96. The second-order valence-electron chi connectivity index (χ2n) is 8.89. The van der Waals surface area contributed by atoms with E-state index in [0.717, 1.165) is 22.0 Å². The van der Waals surface area contributed by atoms with Crippen LogP contribution in [0.3, 0.4) is 0 Å². The molecule has 172 valence electrons. The number of H-pyrrole nitrogens is 1. The molecule has 1 aliphatic rings. The third-order valence-corrected chi connectivity index (χ3v) is 6.63. The SMILES string of the molecule is Cc1ccccc1-c1ccc(C(=O)N2CCN(C(=O)c3ccc4cc[nH]c4c3)[C@@H](C)C2)cc1F. The number of piperazine rings is 1. The molecule has 2 amide bonds. The van der Waals surface area contributed by atoms with E-state index in [1.807, 2.05) is 68.6 Å². The second-order valence-corrected chi connectivity index (χ2v) is 8.89. The van der Waals surface area contributed by atoms with Crippen LogP contribution < -0.4 is 0 Å². The van der Waals surface area contributed by atoms with Crippen molar-refractivity contribution in [3.05, 3.63) is 95.4 Å². The monoisotopic (exact) mass is 455 g/mol. The van der Waals surface area contributed by atoms with Gasteiger partial charge >= 0.3 is 0 Å². The van der Waals surface area contributed by atoms with Crippen molar-refractivity contribution < 1.29 is 14.0 Å². The number of aryl methyl sites for hydroxylation is 1. The summed E-state index contributed by atoms with van der Waals surface area (Å²) in [6.07, 6.45) is 1.85. The molecule has 6 heteroatoms. The number of fused-ring (bicyclic) bond motifs is 1. The summed E-state index contributed by atoms with van der Waals surface area (Å²) in [5, 5.41) is 1.06. The van der Waals surface area contributed by atoms with Gasteiger partial charge in [0.05, 0.1) is 0 Å². The first-order valence-electron chi connectivity index (χ1n) is 11.5. The quantitative estimate of drug-likeness (QED) is 0.458. The maximum atomic E-state index is 14.9. The van der Waals surface area contributed by atoms with Crippen LogP contribution in [0, 0.1) is 12.7 Å². The number of nitrogens with one attached hydrogen (secondary N) is 1. The van der Waals surface area contributed by atoms with E-state index in [4.69, 9.17) is 0 Å². The molecule has 0 bridgehead atoms. The fraction of sp³-hybridized carbons (Fsp3) is 0.214. The topological polar surface area (TPSA) is 56.4 Å². The Balaban J connectivity index is 1.30. The molecule has 5 rings (SSSR count). The normalized spacial score (nSPS) is 16.1. The van der Waals surface area contributed by atoms with Crippen molar-refractivity contribution in [1.29, 1.82) is 0 Å². The standard InChI is InChI=1S/C28H26FN3O2/c1-18-5-3-4-6-23(18)24-10-9-21(15-25(24)29)27(33)31-13-14-32(19(2)17-31)28(34)22-8-7-20-11-12-30-26(20)16-22/h3-12,15-16,19,30H,13-14,17H2,1-2H3/t19-/m0/s1. The maximum Gasteiger partial charge on any atom is 0.254 e. The summed E-state index contributed by atoms with van der Waals surface area (Å²) in [5.74, 6) is -0.687. The highest BCUT2D eigenvalue weighted by molar-refractivity contribution is 5.99. The minimum absolute atomic E-state index is 0.0512. The molecular weight excluding hydrogens is 429 g/mol. The Morgan fingerprint density at radius 1 is 0.912 bits per heavy atom. The zero-order valence-electron chi connectivity index (χ0n) is 19.2. The van der Waals surface area contributed by atoms with Crippen LogP contribution in [0.1, 0.15) is 33.2 Å². The van der Waals surface area contributed by atoms with E-state index in [2.05, 4.69) is 4.98 Å². The van der Waals surface area contributed by atoms with Gasteiger partial charge in [-0.3, -0.25) is 9.59 Å². The van der Waals surface area contributed by atoms with Gasteiger partial charge in [0.2, 0.25) is 0 Å². The molecule has 1 aromatic heterocycles. The number of hydrogen-bond acceptors (Lipinski definition) is 2. The molecule has 2 heterocycles. The van der Waals surface area contributed by atoms with Crippen LogP contribution in [-0.2, 0) is 0 Å². The minimum Gasteiger partial charge on any atom is -0.361 e. The predicted octanol–water partition coefficient (Wildman–Crippen LogP) is 5.27. The first kappa shape index (κ1) is 21.9. The Kier molecular flexibility index (Phi) is 5.65. The summed E-state index contributed by atoms with van der Waals surface area (Å²) in [6.45, 7) is 5.11. The summed E-state index contributed by atoms with van der Waals surface area (Å²) in [4.78, 5) is 32.9. The lowest BCUT2D eigenvalue weighted by Gasteiger charge is -2.40. The van der Waals surface area contributed by atoms with Crippen molar-refractivity contribution in [2.75, 3.05) is 19.6 Å². The average Bonchev–Trinajstić information content (AvgIpc) is 3.31. The first-order valence-corrected chi connectivity index (χ1v) is 11.5. The highest BCUT2D eigenvalue weighted by atomic mass is 19.1. The van der Waals surface area contributed by atoms with Crippen LogP contribution >= 0.6 is 0 Å². The van der Waals surface area contributed by atoms with Gasteiger partial charge in [-0.1, -0.05) is 36.4 Å². The number of hydrogen-bond donors (Lipinski definition) is 1. The average molecular weight is 456 g/mol. The van der Waals surface area contributed by atoms with Gasteiger partial charge in [-0.15, -0.1) is 0 Å². The van der Waals surface area contributed by atoms with E-state index >= 15 is 0 Å². The molecule has 4 aromatic rings. The fourth-order valence-corrected chi connectivity index (χ4v) is 4.71. The molecule has 0 radical (unpaired) electrons. The van der Waals surface area contributed by atoms with Gasteiger partial charge in [0.25, 0.3) is 11.8 Å². The number of carbonyl (C=O) groups is 2. The summed E-state index contributed by atoms with van der Waals surface area (Å²) in [5.41, 5.74) is 4.14. The molecule has 1 fully saturated rings. The number of amides is 2. The fourth-order valence-electron chi connectivity index (χ4n) is 4.71. The Labute approximate surface area is 197 Å². The highest BCUT2D eigenvalue weighted by Gasteiger charge is 2.31. The number of rotatable bonds is 3. The Morgan fingerprint density at radius 2 is 1.68 bits per heavy atom. The van der Waals surface area contributed by atoms with Gasteiger partial charge in [0.15, 0.2) is 0 Å². The Bertz CT molecular complexity index is 1390. The zero-order chi connectivity index (χ0) is 23.8. The molecular formula is C28H26FN3O2. The van der Waals surface area contributed by atoms with Crippen molar-refractivity contribution in [2.45, 2.75) is 19.9 Å². The molecule has 1 atom stereocenters. The molecule has 0 unspecified atom stereocenters. The summed E-state index contributed by atoms with van der Waals surface area (Å²) in [6, 6.07) is 19.7. The van der Waals surface area contributed by atoms with Crippen LogP contribution in [-0.4, -0.2) is 52.3 Å². The smallest absolute Gasteiger partial charge is 0.254 e. The molecule has 0 spiro atoms. The van der Waals surface area contributed by atoms with Crippen LogP contribution in [0.5, 0.6) is 0 Å². The summed E-state index contributed by atoms with van der Waals surface area (Å²) in [7, 11) is 0. The molecule has 5 nitrogen and oxygen atoms in total. The number of nitrogens with zero attached hydrogens (tertiary/aromatic N) is 2. The zero-order valence-corrected chi connectivity index (χ0v) is 19.2. The molecule has 3 aromatic carbocycles. The summed E-state index contributed by atoms with van der Waals surface area (Å²) < 4.78 is 14.9. The molecule has 1 aliphatic heterocycles. The van der Waals surface area contributed by atoms with E-state index in [1.165, 1.54) is 6.07 Å². The number of halogens is 1. The lowest BCUT2D eigenvalue weighted by Crippen LogP contribution is -2.55. The van der Waals surface area contributed by atoms with Crippen molar-refractivity contribution >= 4 is 22.7 Å². The molecule has 0 aliphatic carbocycles. The van der Waals surface area contributed by atoms with Crippen molar-refractivity contribution in [2.24, 2.45) is 0 Å². The van der Waals surface area contributed by atoms with E-state index in [1.54, 1.807) is 21.9 Å². The number of benzene rings is 3. The number of carbonyl (C=O) groups excluding carboxylic acids is 2. The van der Waals surface area contributed by atoms with E-state index in [0.29, 0.717) is 36.3 Å². The number of aromatic nitrogens is 1. The molecule has 1 N–H and O–H groups in total. The first-order chi connectivity index (χ1) is 16.4. The van der Waals surface area contributed by atoms with Crippen molar-refractivity contribution in [3.63, 3.8) is 0 Å². The van der Waals surface area contributed by atoms with Gasteiger partial charge in [0.1, 0.15) is 5.82 Å². The highest BCUT2D eigenvalue weighted by Crippen LogP contribution is 2.27. The lowest BCUT2D eigenvalue weighted by atomic mass is 9.98. The Morgan fingerprint density at radius 3 is 2.44 bits per heavy atom. The van der Waals surface area contributed by atoms with Gasteiger partial charge in [-0.05, 0) is 60.7 Å². The Hall–Kier alpha value is -3.93. The molecule has 34 heavy (non-hydrogen) atoms. The largest absolute Gasteiger partial charge is 0.361 e. The van der Waals surface area contributed by atoms with Crippen LogP contribution in [0.2, 0.25) is 0 Å². The van der Waals surface area contributed by atoms with Gasteiger partial charge in [-0.25, -0.2) is 4.39 Å². The van der Waals surface area contributed by atoms with E-state index in [-0.39, 0.29) is 17.9 Å². The van der Waals surface area contributed by atoms with Crippen molar-refractivity contribution in [3.8, 4) is 11.1 Å². The minimum atomic E-state index is -0.415. The maximum absolute atomic E-state index is 14.9. The van der Waals surface area contributed by atoms with Crippen LogP contribution in [0.15, 0.2) is 72.9 Å². The van der Waals surface area contributed by atoms with Gasteiger partial charge in [0, 0.05) is 54.1 Å². The second kappa shape index (κ2) is 8.78. The van der Waals surface area contributed by atoms with Crippen molar-refractivity contribution in [1.82, 2.24) is 14.8 Å². The number of aromatic amines is 1. The summed E-state index contributed by atoms with van der Waals surface area (Å²) >= 11 is 0. The van der Waals surface area contributed by atoms with E-state index in [9.17, 15) is 14.0 Å². The van der Waals surface area contributed by atoms with E-state index < -0.39 is 5.82 Å². The molecule has 1 saturated heterocycles. The molecule has 0 saturated carbocycles. The van der Waals surface area contributed by atoms with Crippen LogP contribution in [0.4, 0.5) is 4.39 Å². The van der Waals surface area contributed by atoms with Gasteiger partial charge < -0.3 is 14.8 Å².